The van der Waals surface area contributed by atoms with Crippen LogP contribution in [0, 0.1) is 23.6 Å². The molecule has 0 bridgehead atoms. The second kappa shape index (κ2) is 14.9. The Balaban J connectivity index is 1.29. The highest BCUT2D eigenvalue weighted by molar-refractivity contribution is 5.90. The zero-order valence-corrected chi connectivity index (χ0v) is 24.1. The molecule has 3 fully saturated rings. The molecule has 2 saturated carbocycles. The van der Waals surface area contributed by atoms with Crippen molar-refractivity contribution in [2.24, 2.45) is 17.8 Å². The van der Waals surface area contributed by atoms with E-state index in [0.717, 1.165) is 56.8 Å². The van der Waals surface area contributed by atoms with E-state index in [1.54, 1.807) is 0 Å². The Morgan fingerprint density at radius 3 is 2.18 bits per heavy atom. The van der Waals surface area contributed by atoms with E-state index in [4.69, 9.17) is 9.47 Å². The fourth-order valence-corrected chi connectivity index (χ4v) is 7.47. The summed E-state index contributed by atoms with van der Waals surface area (Å²) in [5.74, 6) is 0.0975. The second-order valence-electron chi connectivity index (χ2n) is 12.5. The summed E-state index contributed by atoms with van der Waals surface area (Å²) in [4.78, 5) is 12.9. The van der Waals surface area contributed by atoms with E-state index >= 15 is 4.39 Å². The first kappa shape index (κ1) is 30.4. The Bertz CT molecular complexity index is 896. The van der Waals surface area contributed by atoms with Gasteiger partial charge in [0.25, 0.3) is 6.43 Å². The lowest BCUT2D eigenvalue weighted by molar-refractivity contribution is -0.00193. The zero-order valence-electron chi connectivity index (χ0n) is 24.1. The number of benzene rings is 1. The zero-order chi connectivity index (χ0) is 27.8. The predicted octanol–water partition coefficient (Wildman–Crippen LogP) is 9.93. The van der Waals surface area contributed by atoms with E-state index in [1.807, 2.05) is 0 Å². The number of esters is 1. The first-order valence-corrected chi connectivity index (χ1v) is 15.8. The van der Waals surface area contributed by atoms with Crippen LogP contribution in [0.5, 0.6) is 0 Å². The molecule has 1 heterocycles. The third-order valence-electron chi connectivity index (χ3n) is 9.84. The Kier molecular flexibility index (Phi) is 11.6. The number of alkyl halides is 2. The number of halogens is 3. The molecular formula is C33H49F3O3. The van der Waals surface area contributed by atoms with Crippen LogP contribution in [0.2, 0.25) is 0 Å². The van der Waals surface area contributed by atoms with Gasteiger partial charge >= 0.3 is 5.97 Å². The molecule has 0 spiro atoms. The predicted molar refractivity (Wildman–Crippen MR) is 149 cm³/mol. The van der Waals surface area contributed by atoms with Crippen LogP contribution in [0.1, 0.15) is 150 Å². The maximum absolute atomic E-state index is 15.4. The van der Waals surface area contributed by atoms with Gasteiger partial charge in [0, 0.05) is 5.92 Å². The van der Waals surface area contributed by atoms with Crippen LogP contribution in [-0.2, 0) is 9.47 Å². The van der Waals surface area contributed by atoms with Crippen LogP contribution < -0.4 is 0 Å². The topological polar surface area (TPSA) is 35.5 Å². The highest BCUT2D eigenvalue weighted by atomic mass is 19.3. The van der Waals surface area contributed by atoms with Gasteiger partial charge in [-0.1, -0.05) is 64.9 Å². The van der Waals surface area contributed by atoms with Crippen molar-refractivity contribution in [3.63, 3.8) is 0 Å². The molecule has 1 aliphatic heterocycles. The third kappa shape index (κ3) is 8.01. The monoisotopic (exact) mass is 550 g/mol. The molecule has 2 unspecified atom stereocenters. The van der Waals surface area contributed by atoms with E-state index in [0.29, 0.717) is 18.9 Å². The van der Waals surface area contributed by atoms with Crippen molar-refractivity contribution in [3.8, 4) is 0 Å². The maximum Gasteiger partial charge on any atom is 0.341 e. The summed E-state index contributed by atoms with van der Waals surface area (Å²) < 4.78 is 55.0. The van der Waals surface area contributed by atoms with Crippen LogP contribution >= 0.6 is 0 Å². The summed E-state index contributed by atoms with van der Waals surface area (Å²) in [6.07, 6.45) is 14.5. The number of carbonyl (C=O) groups excluding carboxylic acids is 1. The number of hydrogen-bond donors (Lipinski definition) is 0. The van der Waals surface area contributed by atoms with Gasteiger partial charge in [-0.05, 0) is 87.2 Å². The molecule has 0 N–H and O–H groups in total. The highest BCUT2D eigenvalue weighted by Crippen LogP contribution is 2.42. The lowest BCUT2D eigenvalue weighted by atomic mass is 9.70. The number of carbonyl (C=O) groups is 1. The van der Waals surface area contributed by atoms with Gasteiger partial charge in [-0.25, -0.2) is 18.0 Å². The third-order valence-corrected chi connectivity index (χ3v) is 9.84. The summed E-state index contributed by atoms with van der Waals surface area (Å²) >= 11 is 0. The van der Waals surface area contributed by atoms with Crippen molar-refractivity contribution in [2.75, 3.05) is 6.61 Å². The van der Waals surface area contributed by atoms with Crippen LogP contribution in [-0.4, -0.2) is 24.8 Å². The van der Waals surface area contributed by atoms with Crippen molar-refractivity contribution in [2.45, 2.75) is 141 Å². The van der Waals surface area contributed by atoms with Gasteiger partial charge in [0.2, 0.25) is 0 Å². The second-order valence-corrected chi connectivity index (χ2v) is 12.5. The molecule has 6 heteroatoms. The minimum absolute atomic E-state index is 0.140. The summed E-state index contributed by atoms with van der Waals surface area (Å²) in [6.45, 7) is 4.65. The summed E-state index contributed by atoms with van der Waals surface area (Å²) in [5, 5.41) is 0. The molecule has 0 aromatic heterocycles. The van der Waals surface area contributed by atoms with Crippen molar-refractivity contribution >= 4 is 5.97 Å². The van der Waals surface area contributed by atoms with E-state index < -0.39 is 23.8 Å². The normalized spacial score (nSPS) is 29.9. The van der Waals surface area contributed by atoms with E-state index in [-0.39, 0.29) is 29.3 Å². The van der Waals surface area contributed by atoms with Crippen molar-refractivity contribution < 1.29 is 27.4 Å². The van der Waals surface area contributed by atoms with Gasteiger partial charge in [-0.3, -0.25) is 0 Å². The van der Waals surface area contributed by atoms with Crippen LogP contribution in [0.3, 0.4) is 0 Å². The quantitative estimate of drug-likeness (QED) is 0.203. The fraction of sp³-hybridized carbons (Fsp3) is 0.788. The van der Waals surface area contributed by atoms with Crippen molar-refractivity contribution in [1.82, 2.24) is 0 Å². The molecule has 3 aliphatic rings. The van der Waals surface area contributed by atoms with Crippen LogP contribution in [0.25, 0.3) is 0 Å². The molecule has 1 aromatic rings. The maximum atomic E-state index is 15.4. The molecular weight excluding hydrogens is 501 g/mol. The van der Waals surface area contributed by atoms with Gasteiger partial charge in [0.15, 0.2) is 0 Å². The van der Waals surface area contributed by atoms with Crippen molar-refractivity contribution in [3.05, 3.63) is 34.6 Å². The number of ether oxygens (including phenoxy) is 2. The molecule has 39 heavy (non-hydrogen) atoms. The Morgan fingerprint density at radius 1 is 0.897 bits per heavy atom. The number of unbranched alkanes of at least 4 members (excludes halogenated alkanes) is 2. The van der Waals surface area contributed by atoms with Crippen LogP contribution in [0.4, 0.5) is 13.2 Å². The van der Waals surface area contributed by atoms with E-state index in [1.165, 1.54) is 63.5 Å². The van der Waals surface area contributed by atoms with Gasteiger partial charge in [-0.2, -0.15) is 0 Å². The lowest BCUT2D eigenvalue weighted by Gasteiger charge is -2.37. The minimum atomic E-state index is -3.00. The molecule has 3 nitrogen and oxygen atoms in total. The summed E-state index contributed by atoms with van der Waals surface area (Å²) in [5.41, 5.74) is -0.784. The summed E-state index contributed by atoms with van der Waals surface area (Å²) in [6, 6.07) is 2.83. The molecule has 0 radical (unpaired) electrons. The molecule has 0 amide bonds. The van der Waals surface area contributed by atoms with Gasteiger partial charge < -0.3 is 9.47 Å². The lowest BCUT2D eigenvalue weighted by Crippen LogP contribution is -2.30. The van der Waals surface area contributed by atoms with Crippen molar-refractivity contribution in [1.29, 1.82) is 0 Å². The smallest absolute Gasteiger partial charge is 0.341 e. The number of hydrogen-bond acceptors (Lipinski definition) is 3. The minimum Gasteiger partial charge on any atom is -0.459 e. The van der Waals surface area contributed by atoms with Crippen LogP contribution in [0.15, 0.2) is 12.1 Å². The van der Waals surface area contributed by atoms with Gasteiger partial charge in [-0.15, -0.1) is 0 Å². The van der Waals surface area contributed by atoms with Gasteiger partial charge in [0.1, 0.15) is 11.9 Å². The molecule has 2 atom stereocenters. The van der Waals surface area contributed by atoms with E-state index in [9.17, 15) is 13.6 Å². The average molecular weight is 551 g/mol. The fourth-order valence-electron chi connectivity index (χ4n) is 7.47. The number of rotatable bonds is 11. The largest absolute Gasteiger partial charge is 0.459 e. The van der Waals surface area contributed by atoms with E-state index in [2.05, 4.69) is 13.8 Å². The van der Waals surface area contributed by atoms with Gasteiger partial charge in [0.05, 0.1) is 23.8 Å². The average Bonchev–Trinajstić information content (AvgIpc) is 2.94. The molecule has 220 valence electrons. The standard InChI is InChI=1S/C33H49F3O3/c1-3-5-6-8-22-9-11-23(12-10-22)24-13-17-27(18-14-24)39-33(37)29-20-19-28(30(31(29)34)32(35)36)25-15-16-26(7-4-2)38-21-25/h19-20,22-27,32H,3-18,21H2,1-2H3. The SMILES string of the molecule is CCCCCC1CCC(C2CCC(OC(=O)c3ccc(C4CCC(CCC)OC4)c(C(F)F)c3F)CC2)CC1. The molecule has 1 aromatic carbocycles. The Hall–Kier alpha value is -1.56. The molecule has 2 aliphatic carbocycles. The molecule has 1 saturated heterocycles. The Labute approximate surface area is 233 Å². The highest BCUT2D eigenvalue weighted by Gasteiger charge is 2.34. The first-order chi connectivity index (χ1) is 18.9. The summed E-state index contributed by atoms with van der Waals surface area (Å²) in [7, 11) is 0. The molecule has 4 rings (SSSR count). The Morgan fingerprint density at radius 2 is 1.59 bits per heavy atom. The first-order valence-electron chi connectivity index (χ1n) is 15.8.